The van der Waals surface area contributed by atoms with Crippen LogP contribution < -0.4 is 16.0 Å². The van der Waals surface area contributed by atoms with Crippen LogP contribution in [0.2, 0.25) is 0 Å². The summed E-state index contributed by atoms with van der Waals surface area (Å²) in [5.74, 6) is -0.138. The van der Waals surface area contributed by atoms with Crippen molar-refractivity contribution in [2.75, 3.05) is 18.4 Å². The predicted octanol–water partition coefficient (Wildman–Crippen LogP) is 2.54. The quantitative estimate of drug-likeness (QED) is 0.675. The number of hydrogen-bond acceptors (Lipinski definition) is 4. The second kappa shape index (κ2) is 9.07. The molecule has 0 spiro atoms. The van der Waals surface area contributed by atoms with Gasteiger partial charge >= 0.3 is 0 Å². The van der Waals surface area contributed by atoms with E-state index in [0.717, 1.165) is 0 Å². The van der Waals surface area contributed by atoms with Crippen LogP contribution in [0.1, 0.15) is 45.0 Å². The highest BCUT2D eigenvalue weighted by atomic mass is 16.2. The minimum atomic E-state index is -0.924. The molecule has 0 bridgehead atoms. The molecular weight excluding hydrogens is 316 g/mol. The lowest BCUT2D eigenvalue weighted by Crippen LogP contribution is -2.50. The molecule has 2 amide bonds. The van der Waals surface area contributed by atoms with Crippen molar-refractivity contribution in [2.24, 2.45) is 11.8 Å². The third-order valence-electron chi connectivity index (χ3n) is 4.07. The van der Waals surface area contributed by atoms with Crippen LogP contribution in [0.15, 0.2) is 24.3 Å². The highest BCUT2D eigenvalue weighted by Gasteiger charge is 2.29. The van der Waals surface area contributed by atoms with E-state index in [9.17, 15) is 14.9 Å². The Balaban J connectivity index is 2.74. The van der Waals surface area contributed by atoms with Gasteiger partial charge in [-0.3, -0.25) is 9.59 Å². The topological polar surface area (TPSA) is 94.0 Å². The van der Waals surface area contributed by atoms with Gasteiger partial charge in [-0.1, -0.05) is 39.8 Å². The molecule has 1 rings (SSSR count). The maximum atomic E-state index is 12.3. The molecule has 6 nitrogen and oxygen atoms in total. The molecular formula is C19H28N4O2. The van der Waals surface area contributed by atoms with Crippen molar-refractivity contribution in [3.8, 4) is 6.07 Å². The first kappa shape index (κ1) is 20.5. The summed E-state index contributed by atoms with van der Waals surface area (Å²) in [5, 5.41) is 17.9. The number of carbonyl (C=O) groups is 2. The van der Waals surface area contributed by atoms with E-state index in [1.54, 1.807) is 31.2 Å². The van der Waals surface area contributed by atoms with Crippen LogP contribution in [-0.4, -0.2) is 30.4 Å². The molecule has 1 unspecified atom stereocenters. The fraction of sp³-hybridized carbons (Fsp3) is 0.526. The summed E-state index contributed by atoms with van der Waals surface area (Å²) < 4.78 is 0. The normalized spacial score (nSPS) is 13.0. The average Bonchev–Trinajstić information content (AvgIpc) is 2.57. The van der Waals surface area contributed by atoms with Gasteiger partial charge in [0.2, 0.25) is 5.91 Å². The van der Waals surface area contributed by atoms with Gasteiger partial charge in [0, 0.05) is 12.2 Å². The molecule has 0 aliphatic heterocycles. The highest BCUT2D eigenvalue weighted by molar-refractivity contribution is 6.00. The fourth-order valence-electron chi connectivity index (χ4n) is 2.04. The number of rotatable bonds is 8. The Bertz CT molecular complexity index is 649. The molecule has 0 aliphatic rings. The number of anilines is 1. The Morgan fingerprint density at radius 2 is 1.84 bits per heavy atom. The maximum absolute atomic E-state index is 12.3. The summed E-state index contributed by atoms with van der Waals surface area (Å²) in [6, 6.07) is 9.18. The second-order valence-corrected chi connectivity index (χ2v) is 7.02. The molecule has 0 aliphatic carbocycles. The van der Waals surface area contributed by atoms with Crippen LogP contribution in [0.4, 0.5) is 5.69 Å². The number of nitrogens with zero attached hydrogens (tertiary/aromatic N) is 1. The zero-order valence-electron chi connectivity index (χ0n) is 15.6. The van der Waals surface area contributed by atoms with Crippen LogP contribution >= 0.6 is 0 Å². The maximum Gasteiger partial charge on any atom is 0.253 e. The molecule has 1 aromatic carbocycles. The fourth-order valence-corrected chi connectivity index (χ4v) is 2.04. The van der Waals surface area contributed by atoms with E-state index in [-0.39, 0.29) is 24.3 Å². The summed E-state index contributed by atoms with van der Waals surface area (Å²) in [4.78, 5) is 24.5. The minimum absolute atomic E-state index is 0.0154. The van der Waals surface area contributed by atoms with Crippen molar-refractivity contribution in [1.29, 1.82) is 5.26 Å². The van der Waals surface area contributed by atoms with Crippen LogP contribution in [0.5, 0.6) is 0 Å². The third kappa shape index (κ3) is 6.11. The summed E-state index contributed by atoms with van der Waals surface area (Å²) >= 11 is 0. The van der Waals surface area contributed by atoms with E-state index in [1.807, 2.05) is 27.7 Å². The Morgan fingerprint density at radius 3 is 2.40 bits per heavy atom. The van der Waals surface area contributed by atoms with E-state index < -0.39 is 5.54 Å². The number of carbonyl (C=O) groups excluding carboxylic acids is 2. The van der Waals surface area contributed by atoms with Crippen molar-refractivity contribution in [3.63, 3.8) is 0 Å². The van der Waals surface area contributed by atoms with E-state index in [2.05, 4.69) is 22.0 Å². The first-order valence-corrected chi connectivity index (χ1v) is 8.53. The van der Waals surface area contributed by atoms with Gasteiger partial charge in [-0.15, -0.1) is 0 Å². The van der Waals surface area contributed by atoms with E-state index >= 15 is 0 Å². The van der Waals surface area contributed by atoms with Crippen molar-refractivity contribution in [2.45, 2.75) is 40.2 Å². The molecule has 0 heterocycles. The molecule has 0 fully saturated rings. The molecule has 0 saturated heterocycles. The summed E-state index contributed by atoms with van der Waals surface area (Å²) in [7, 11) is 0. The Morgan fingerprint density at radius 1 is 1.20 bits per heavy atom. The van der Waals surface area contributed by atoms with Gasteiger partial charge in [0.1, 0.15) is 5.54 Å². The average molecular weight is 344 g/mol. The first-order chi connectivity index (χ1) is 11.7. The van der Waals surface area contributed by atoms with E-state index in [0.29, 0.717) is 23.7 Å². The van der Waals surface area contributed by atoms with Crippen molar-refractivity contribution >= 4 is 17.5 Å². The standard InChI is InChI=1S/C19H28N4O2/c1-13(2)10-22-18(25)15-8-6-7-9-16(15)21-11-17(24)23-19(5,12-20)14(3)4/h6-9,13-14,21H,10-11H2,1-5H3,(H,22,25)(H,23,24). The first-order valence-electron chi connectivity index (χ1n) is 8.53. The molecule has 25 heavy (non-hydrogen) atoms. The summed E-state index contributed by atoms with van der Waals surface area (Å²) in [6.07, 6.45) is 0. The van der Waals surface area contributed by atoms with Gasteiger partial charge in [0.05, 0.1) is 18.2 Å². The monoisotopic (exact) mass is 344 g/mol. The van der Waals surface area contributed by atoms with Gasteiger partial charge in [-0.05, 0) is 30.9 Å². The Kier molecular flexibility index (Phi) is 7.43. The van der Waals surface area contributed by atoms with Gasteiger partial charge in [0.25, 0.3) is 5.91 Å². The number of hydrogen-bond donors (Lipinski definition) is 3. The molecule has 0 radical (unpaired) electrons. The third-order valence-corrected chi connectivity index (χ3v) is 4.07. The SMILES string of the molecule is CC(C)CNC(=O)c1ccccc1NCC(=O)NC(C)(C#N)C(C)C. The zero-order valence-corrected chi connectivity index (χ0v) is 15.6. The summed E-state index contributed by atoms with van der Waals surface area (Å²) in [5.41, 5.74) is 0.150. The van der Waals surface area contributed by atoms with Crippen LogP contribution in [0, 0.1) is 23.2 Å². The Labute approximate surface area is 150 Å². The highest BCUT2D eigenvalue weighted by Crippen LogP contribution is 2.16. The lowest BCUT2D eigenvalue weighted by atomic mass is 9.90. The number of para-hydroxylation sites is 1. The van der Waals surface area contributed by atoms with E-state index in [1.165, 1.54) is 0 Å². The van der Waals surface area contributed by atoms with Gasteiger partial charge in [0.15, 0.2) is 0 Å². The lowest BCUT2D eigenvalue weighted by molar-refractivity contribution is -0.121. The van der Waals surface area contributed by atoms with Crippen LogP contribution in [-0.2, 0) is 4.79 Å². The molecule has 3 N–H and O–H groups in total. The number of nitriles is 1. The predicted molar refractivity (Wildman–Crippen MR) is 99.1 cm³/mol. The van der Waals surface area contributed by atoms with Crippen molar-refractivity contribution < 1.29 is 9.59 Å². The largest absolute Gasteiger partial charge is 0.376 e. The molecule has 6 heteroatoms. The molecule has 1 aromatic rings. The van der Waals surface area contributed by atoms with Crippen LogP contribution in [0.25, 0.3) is 0 Å². The minimum Gasteiger partial charge on any atom is -0.376 e. The number of nitrogens with one attached hydrogen (secondary N) is 3. The molecule has 0 saturated carbocycles. The second-order valence-electron chi connectivity index (χ2n) is 7.02. The van der Waals surface area contributed by atoms with E-state index in [4.69, 9.17) is 0 Å². The van der Waals surface area contributed by atoms with Gasteiger partial charge in [-0.25, -0.2) is 0 Å². The van der Waals surface area contributed by atoms with Gasteiger partial charge in [-0.2, -0.15) is 5.26 Å². The van der Waals surface area contributed by atoms with Crippen LogP contribution in [0.3, 0.4) is 0 Å². The van der Waals surface area contributed by atoms with Crippen molar-refractivity contribution in [3.05, 3.63) is 29.8 Å². The smallest absolute Gasteiger partial charge is 0.253 e. The number of amides is 2. The van der Waals surface area contributed by atoms with Crippen molar-refractivity contribution in [1.82, 2.24) is 10.6 Å². The zero-order chi connectivity index (χ0) is 19.0. The Hall–Kier alpha value is -2.55. The molecule has 0 aromatic heterocycles. The molecule has 136 valence electrons. The molecule has 1 atom stereocenters. The summed E-state index contributed by atoms with van der Waals surface area (Å²) in [6.45, 7) is 10.1. The number of benzene rings is 1. The van der Waals surface area contributed by atoms with Gasteiger partial charge < -0.3 is 16.0 Å². The lowest BCUT2D eigenvalue weighted by Gasteiger charge is -2.27.